The summed E-state index contributed by atoms with van der Waals surface area (Å²) in [6, 6.07) is 1.18. The lowest BCUT2D eigenvalue weighted by molar-refractivity contribution is -0.117. The molecule has 0 unspecified atom stereocenters. The first kappa shape index (κ1) is 11.7. The third kappa shape index (κ3) is 3.09. The Kier molecular flexibility index (Phi) is 4.11. The maximum absolute atomic E-state index is 11.2. The van der Waals surface area contributed by atoms with Gasteiger partial charge in [-0.3, -0.25) is 9.69 Å². The van der Waals surface area contributed by atoms with E-state index in [0.29, 0.717) is 23.8 Å². The predicted molar refractivity (Wildman–Crippen MR) is 59.3 cm³/mol. The van der Waals surface area contributed by atoms with Crippen molar-refractivity contribution >= 4 is 5.78 Å². The number of Topliss-reactive ketones (excluding diaryl/α,β-unsaturated/α-hetero) is 1. The van der Waals surface area contributed by atoms with Gasteiger partial charge in [-0.15, -0.1) is 0 Å². The van der Waals surface area contributed by atoms with Crippen LogP contribution in [0.3, 0.4) is 0 Å². The third-order valence-corrected chi connectivity index (χ3v) is 3.14. The zero-order chi connectivity index (χ0) is 10.7. The summed E-state index contributed by atoms with van der Waals surface area (Å²) in [5.41, 5.74) is 0. The number of hydrogen-bond acceptors (Lipinski definition) is 2. The van der Waals surface area contributed by atoms with Gasteiger partial charge in [-0.2, -0.15) is 0 Å². The topological polar surface area (TPSA) is 20.3 Å². The minimum atomic E-state index is 0.461. The van der Waals surface area contributed by atoms with Crippen LogP contribution in [-0.2, 0) is 4.79 Å². The van der Waals surface area contributed by atoms with Crippen molar-refractivity contribution in [1.82, 2.24) is 4.90 Å². The maximum atomic E-state index is 11.2. The van der Waals surface area contributed by atoms with Crippen LogP contribution >= 0.6 is 0 Å². The average Bonchev–Trinajstić information content (AvgIpc) is 2.46. The highest BCUT2D eigenvalue weighted by atomic mass is 16.1. The zero-order valence-corrected chi connectivity index (χ0v) is 9.92. The van der Waals surface area contributed by atoms with Gasteiger partial charge in [0.15, 0.2) is 0 Å². The number of rotatable bonds is 4. The van der Waals surface area contributed by atoms with Crippen LogP contribution in [0.15, 0.2) is 0 Å². The molecule has 2 nitrogen and oxygen atoms in total. The van der Waals surface area contributed by atoms with Crippen LogP contribution in [0.2, 0.25) is 0 Å². The summed E-state index contributed by atoms with van der Waals surface area (Å²) < 4.78 is 0. The van der Waals surface area contributed by atoms with Crippen molar-refractivity contribution in [3.8, 4) is 0 Å². The van der Waals surface area contributed by atoms with E-state index in [9.17, 15) is 4.79 Å². The monoisotopic (exact) mass is 197 g/mol. The van der Waals surface area contributed by atoms with Crippen LogP contribution in [-0.4, -0.2) is 29.3 Å². The van der Waals surface area contributed by atoms with Gasteiger partial charge in [0.2, 0.25) is 0 Å². The molecule has 1 aliphatic carbocycles. The van der Waals surface area contributed by atoms with Crippen molar-refractivity contribution in [3.63, 3.8) is 0 Å². The SMILES string of the molecule is CC(C)N(C[C@H]1CCC(=O)C1)C(C)C. The number of hydrogen-bond donors (Lipinski definition) is 0. The molecule has 1 aliphatic rings. The van der Waals surface area contributed by atoms with Crippen molar-refractivity contribution in [3.05, 3.63) is 0 Å². The first-order valence-electron chi connectivity index (χ1n) is 5.78. The second kappa shape index (κ2) is 4.92. The zero-order valence-electron chi connectivity index (χ0n) is 9.92. The lowest BCUT2D eigenvalue weighted by Gasteiger charge is -2.32. The van der Waals surface area contributed by atoms with Gasteiger partial charge in [0, 0.05) is 31.5 Å². The van der Waals surface area contributed by atoms with E-state index in [1.54, 1.807) is 0 Å². The minimum Gasteiger partial charge on any atom is -0.300 e. The molecule has 0 aromatic heterocycles. The smallest absolute Gasteiger partial charge is 0.133 e. The molecule has 14 heavy (non-hydrogen) atoms. The fourth-order valence-electron chi connectivity index (χ4n) is 2.36. The standard InChI is InChI=1S/C12H23NO/c1-9(2)13(10(3)4)8-11-5-6-12(14)7-11/h9-11H,5-8H2,1-4H3/t11-/m0/s1. The molecule has 0 N–H and O–H groups in total. The molecule has 0 aromatic rings. The summed E-state index contributed by atoms with van der Waals surface area (Å²) in [5, 5.41) is 0. The highest BCUT2D eigenvalue weighted by Crippen LogP contribution is 2.24. The van der Waals surface area contributed by atoms with Crippen molar-refractivity contribution in [2.75, 3.05) is 6.54 Å². The van der Waals surface area contributed by atoms with Crippen LogP contribution in [0.25, 0.3) is 0 Å². The van der Waals surface area contributed by atoms with E-state index in [1.807, 2.05) is 0 Å². The first-order chi connectivity index (χ1) is 6.50. The van der Waals surface area contributed by atoms with Gasteiger partial charge in [-0.1, -0.05) is 0 Å². The molecule has 2 heteroatoms. The fraction of sp³-hybridized carbons (Fsp3) is 0.917. The molecule has 1 saturated carbocycles. The van der Waals surface area contributed by atoms with Gasteiger partial charge in [0.25, 0.3) is 0 Å². The van der Waals surface area contributed by atoms with Gasteiger partial charge < -0.3 is 0 Å². The van der Waals surface area contributed by atoms with Gasteiger partial charge in [-0.25, -0.2) is 0 Å². The quantitative estimate of drug-likeness (QED) is 0.690. The molecule has 0 spiro atoms. The van der Waals surface area contributed by atoms with Gasteiger partial charge in [0.05, 0.1) is 0 Å². The van der Waals surface area contributed by atoms with Gasteiger partial charge in [-0.05, 0) is 40.0 Å². The highest BCUT2D eigenvalue weighted by molar-refractivity contribution is 5.80. The molecule has 0 radical (unpaired) electrons. The summed E-state index contributed by atoms with van der Waals surface area (Å²) in [4.78, 5) is 13.6. The fourth-order valence-corrected chi connectivity index (χ4v) is 2.36. The van der Waals surface area contributed by atoms with E-state index in [4.69, 9.17) is 0 Å². The van der Waals surface area contributed by atoms with E-state index in [-0.39, 0.29) is 0 Å². The maximum Gasteiger partial charge on any atom is 0.133 e. The van der Waals surface area contributed by atoms with Crippen LogP contribution in [0.5, 0.6) is 0 Å². The Labute approximate surface area is 87.7 Å². The Morgan fingerprint density at radius 2 is 1.86 bits per heavy atom. The summed E-state index contributed by atoms with van der Waals surface area (Å²) in [6.45, 7) is 10.0. The number of ketones is 1. The second-order valence-electron chi connectivity index (χ2n) is 5.03. The molecule has 82 valence electrons. The Hall–Kier alpha value is -0.370. The van der Waals surface area contributed by atoms with Crippen LogP contribution < -0.4 is 0 Å². The Balaban J connectivity index is 2.43. The molecule has 0 amide bonds. The number of carbonyl (C=O) groups is 1. The first-order valence-corrected chi connectivity index (χ1v) is 5.78. The van der Waals surface area contributed by atoms with E-state index in [2.05, 4.69) is 32.6 Å². The lowest BCUT2D eigenvalue weighted by atomic mass is 10.1. The second-order valence-corrected chi connectivity index (χ2v) is 5.03. The summed E-state index contributed by atoms with van der Waals surface area (Å²) in [7, 11) is 0. The van der Waals surface area contributed by atoms with Crippen LogP contribution in [0.1, 0.15) is 47.0 Å². The molecule has 0 aromatic carbocycles. The Morgan fingerprint density at radius 3 is 2.21 bits per heavy atom. The highest BCUT2D eigenvalue weighted by Gasteiger charge is 2.25. The number of nitrogens with zero attached hydrogens (tertiary/aromatic N) is 1. The van der Waals surface area contributed by atoms with E-state index in [1.165, 1.54) is 0 Å². The molecular weight excluding hydrogens is 174 g/mol. The molecule has 0 aliphatic heterocycles. The third-order valence-electron chi connectivity index (χ3n) is 3.14. The normalized spacial score (nSPS) is 23.1. The molecule has 1 atom stereocenters. The minimum absolute atomic E-state index is 0.461. The summed E-state index contributed by atoms with van der Waals surface area (Å²) in [5.74, 6) is 1.08. The molecule has 0 heterocycles. The van der Waals surface area contributed by atoms with Gasteiger partial charge in [0.1, 0.15) is 5.78 Å². The molecular formula is C12H23NO. The largest absolute Gasteiger partial charge is 0.300 e. The molecule has 1 rings (SSSR count). The summed E-state index contributed by atoms with van der Waals surface area (Å²) in [6.07, 6.45) is 2.74. The van der Waals surface area contributed by atoms with Gasteiger partial charge >= 0.3 is 0 Å². The Bertz CT molecular complexity index is 190. The van der Waals surface area contributed by atoms with Crippen LogP contribution in [0, 0.1) is 5.92 Å². The Morgan fingerprint density at radius 1 is 1.29 bits per heavy atom. The molecule has 0 bridgehead atoms. The van der Waals surface area contributed by atoms with Crippen molar-refractivity contribution in [2.45, 2.75) is 59.0 Å². The van der Waals surface area contributed by atoms with E-state index >= 15 is 0 Å². The predicted octanol–water partition coefficient (Wildman–Crippen LogP) is 2.47. The summed E-state index contributed by atoms with van der Waals surface area (Å²) >= 11 is 0. The molecule has 0 saturated heterocycles. The van der Waals surface area contributed by atoms with E-state index in [0.717, 1.165) is 25.8 Å². The number of carbonyl (C=O) groups excluding carboxylic acids is 1. The van der Waals surface area contributed by atoms with Crippen molar-refractivity contribution in [2.24, 2.45) is 5.92 Å². The lowest BCUT2D eigenvalue weighted by Crippen LogP contribution is -2.40. The molecule has 1 fully saturated rings. The van der Waals surface area contributed by atoms with E-state index < -0.39 is 0 Å². The van der Waals surface area contributed by atoms with Crippen molar-refractivity contribution < 1.29 is 4.79 Å². The average molecular weight is 197 g/mol. The van der Waals surface area contributed by atoms with Crippen molar-refractivity contribution in [1.29, 1.82) is 0 Å². The van der Waals surface area contributed by atoms with Crippen LogP contribution in [0.4, 0.5) is 0 Å².